The van der Waals surface area contributed by atoms with Crippen molar-refractivity contribution in [2.75, 3.05) is 0 Å². The molecule has 0 aliphatic carbocycles. The summed E-state index contributed by atoms with van der Waals surface area (Å²) in [4.78, 5) is 18.1. The quantitative estimate of drug-likeness (QED) is 0.705. The van der Waals surface area contributed by atoms with Gasteiger partial charge in [0.1, 0.15) is 10.7 Å². The van der Waals surface area contributed by atoms with Crippen LogP contribution in [0.4, 0.5) is 4.39 Å². The lowest BCUT2D eigenvalue weighted by Crippen LogP contribution is -2.23. The second-order valence-corrected chi connectivity index (χ2v) is 5.79. The van der Waals surface area contributed by atoms with Crippen LogP contribution in [0.5, 0.6) is 0 Å². The molecule has 0 radical (unpaired) electrons. The van der Waals surface area contributed by atoms with Crippen LogP contribution in [-0.2, 0) is 11.4 Å². The van der Waals surface area contributed by atoms with Gasteiger partial charge in [0.15, 0.2) is 0 Å². The molecule has 0 bridgehead atoms. The largest absolute Gasteiger partial charge is 0.285 e. The number of hydrogen-bond acceptors (Lipinski definition) is 3. The second-order valence-electron chi connectivity index (χ2n) is 4.88. The number of nitrogens with one attached hydrogen (secondary N) is 1. The minimum Gasteiger partial charge on any atom is -0.269 e. The van der Waals surface area contributed by atoms with E-state index in [1.165, 1.54) is 23.5 Å². The fourth-order valence-electron chi connectivity index (χ4n) is 2.15. The van der Waals surface area contributed by atoms with Gasteiger partial charge in [-0.15, -0.1) is 11.3 Å². The minimum atomic E-state index is -0.310. The monoisotopic (exact) mass is 327 g/mol. The minimum absolute atomic E-state index is 0.295. The Balaban J connectivity index is 1.66. The molecule has 0 spiro atoms. The normalized spacial score (nSPS) is 10.5. The highest BCUT2D eigenvalue weighted by Crippen LogP contribution is 2.28. The van der Waals surface area contributed by atoms with Crippen LogP contribution in [0.1, 0.15) is 15.2 Å². The van der Waals surface area contributed by atoms with Gasteiger partial charge in [0.25, 0.3) is 5.91 Å². The fraction of sp³-hybridized carbons (Fsp3) is 0.0556. The molecule has 5 heteroatoms. The van der Waals surface area contributed by atoms with E-state index in [1.807, 2.05) is 41.8 Å². The average molecular weight is 327 g/mol. The fourth-order valence-corrected chi connectivity index (χ4v) is 2.95. The molecule has 0 saturated heterocycles. The molecule has 0 aliphatic rings. The van der Waals surface area contributed by atoms with Crippen molar-refractivity contribution in [2.24, 2.45) is 0 Å². The van der Waals surface area contributed by atoms with Gasteiger partial charge >= 0.3 is 0 Å². The Hall–Kier alpha value is -2.50. The maximum atomic E-state index is 13.0. The molecule has 0 unspecified atom stereocenters. The Morgan fingerprint density at radius 3 is 2.52 bits per heavy atom. The van der Waals surface area contributed by atoms with Gasteiger partial charge in [0.2, 0.25) is 0 Å². The van der Waals surface area contributed by atoms with E-state index < -0.39 is 0 Å². The number of hydrogen-bond donors (Lipinski definition) is 1. The molecule has 2 aromatic carbocycles. The summed E-state index contributed by atoms with van der Waals surface area (Å²) in [6, 6.07) is 17.5. The topological polar surface area (TPSA) is 38.3 Å². The molecule has 1 aromatic heterocycles. The van der Waals surface area contributed by atoms with Crippen LogP contribution in [-0.4, -0.2) is 5.91 Å². The lowest BCUT2D eigenvalue weighted by atomic mass is 10.1. The van der Waals surface area contributed by atoms with Crippen LogP contribution in [0.25, 0.3) is 11.1 Å². The molecule has 116 valence electrons. The predicted molar refractivity (Wildman–Crippen MR) is 88.4 cm³/mol. The molecule has 0 aliphatic heterocycles. The second kappa shape index (κ2) is 7.17. The van der Waals surface area contributed by atoms with E-state index in [4.69, 9.17) is 4.84 Å². The average Bonchev–Trinajstić information content (AvgIpc) is 3.06. The third-order valence-electron chi connectivity index (χ3n) is 3.27. The Kier molecular flexibility index (Phi) is 4.80. The zero-order valence-corrected chi connectivity index (χ0v) is 13.0. The number of rotatable bonds is 5. The Labute approximate surface area is 137 Å². The highest BCUT2D eigenvalue weighted by Gasteiger charge is 2.14. The maximum Gasteiger partial charge on any atom is 0.285 e. The van der Waals surface area contributed by atoms with Crippen molar-refractivity contribution < 1.29 is 14.0 Å². The van der Waals surface area contributed by atoms with E-state index >= 15 is 0 Å². The van der Waals surface area contributed by atoms with Crippen LogP contribution in [0.2, 0.25) is 0 Å². The Morgan fingerprint density at radius 2 is 1.78 bits per heavy atom. The number of benzene rings is 2. The zero-order valence-electron chi connectivity index (χ0n) is 12.2. The van der Waals surface area contributed by atoms with Gasteiger partial charge in [0, 0.05) is 5.56 Å². The van der Waals surface area contributed by atoms with Gasteiger partial charge in [-0.25, -0.2) is 9.87 Å². The molecule has 3 rings (SSSR count). The first-order valence-electron chi connectivity index (χ1n) is 7.03. The molecule has 1 heterocycles. The smallest absolute Gasteiger partial charge is 0.269 e. The van der Waals surface area contributed by atoms with E-state index in [1.54, 1.807) is 12.1 Å². The lowest BCUT2D eigenvalue weighted by molar-refractivity contribution is 0.0237. The summed E-state index contributed by atoms with van der Waals surface area (Å²) in [7, 11) is 0. The summed E-state index contributed by atoms with van der Waals surface area (Å²) in [6.07, 6.45) is 0. The number of carbonyl (C=O) groups is 1. The number of hydroxylamine groups is 1. The van der Waals surface area contributed by atoms with E-state index in [9.17, 15) is 9.18 Å². The number of thiophene rings is 1. The molecule has 1 N–H and O–H groups in total. The molecular formula is C18H14FNO2S. The van der Waals surface area contributed by atoms with Gasteiger partial charge in [-0.3, -0.25) is 9.63 Å². The third kappa shape index (κ3) is 3.83. The van der Waals surface area contributed by atoms with Crippen molar-refractivity contribution in [2.45, 2.75) is 6.61 Å². The van der Waals surface area contributed by atoms with E-state index in [0.717, 1.165) is 16.7 Å². The van der Waals surface area contributed by atoms with Crippen molar-refractivity contribution in [1.82, 2.24) is 5.48 Å². The molecule has 3 nitrogen and oxygen atoms in total. The van der Waals surface area contributed by atoms with Crippen LogP contribution in [0.15, 0.2) is 66.0 Å². The maximum absolute atomic E-state index is 13.0. The summed E-state index contributed by atoms with van der Waals surface area (Å²) in [5.41, 5.74) is 4.98. The van der Waals surface area contributed by atoms with E-state index in [0.29, 0.717) is 11.5 Å². The Bertz CT molecular complexity index is 784. The van der Waals surface area contributed by atoms with Gasteiger partial charge in [0.05, 0.1) is 6.61 Å². The highest BCUT2D eigenvalue weighted by atomic mass is 32.1. The van der Waals surface area contributed by atoms with Crippen LogP contribution >= 0.6 is 11.3 Å². The van der Waals surface area contributed by atoms with Crippen LogP contribution < -0.4 is 5.48 Å². The van der Waals surface area contributed by atoms with Crippen LogP contribution in [0, 0.1) is 5.82 Å². The third-order valence-corrected chi connectivity index (χ3v) is 4.19. The van der Waals surface area contributed by atoms with Crippen molar-refractivity contribution in [1.29, 1.82) is 0 Å². The zero-order chi connectivity index (χ0) is 16.1. The van der Waals surface area contributed by atoms with Crippen molar-refractivity contribution in [3.63, 3.8) is 0 Å². The first-order chi connectivity index (χ1) is 11.2. The van der Waals surface area contributed by atoms with E-state index in [-0.39, 0.29) is 11.7 Å². The Morgan fingerprint density at radius 1 is 1.04 bits per heavy atom. The predicted octanol–water partition coefficient (Wildman–Crippen LogP) is 4.42. The number of halogens is 1. The van der Waals surface area contributed by atoms with Crippen LogP contribution in [0.3, 0.4) is 0 Å². The molecule has 0 atom stereocenters. The number of amides is 1. The van der Waals surface area contributed by atoms with E-state index in [2.05, 4.69) is 5.48 Å². The first kappa shape index (κ1) is 15.4. The van der Waals surface area contributed by atoms with Crippen molar-refractivity contribution in [3.8, 4) is 11.1 Å². The lowest BCUT2D eigenvalue weighted by Gasteiger charge is -2.07. The van der Waals surface area contributed by atoms with Crippen molar-refractivity contribution >= 4 is 17.2 Å². The summed E-state index contributed by atoms with van der Waals surface area (Å²) >= 11 is 1.32. The summed E-state index contributed by atoms with van der Waals surface area (Å²) in [6.45, 7) is 0.295. The molecule has 23 heavy (non-hydrogen) atoms. The summed E-state index contributed by atoms with van der Waals surface area (Å²) in [5.74, 6) is -0.614. The highest BCUT2D eigenvalue weighted by molar-refractivity contribution is 7.12. The summed E-state index contributed by atoms with van der Waals surface area (Å²) < 4.78 is 13.0. The molecule has 0 fully saturated rings. The first-order valence-corrected chi connectivity index (χ1v) is 7.91. The molecule has 0 saturated carbocycles. The SMILES string of the molecule is O=C(NOCc1ccccc1)c1sccc1-c1ccc(F)cc1. The molecule has 1 amide bonds. The van der Waals surface area contributed by atoms with Gasteiger partial charge in [-0.2, -0.15) is 0 Å². The van der Waals surface area contributed by atoms with Gasteiger partial charge in [-0.05, 0) is 34.7 Å². The van der Waals surface area contributed by atoms with Gasteiger partial charge in [-0.1, -0.05) is 42.5 Å². The van der Waals surface area contributed by atoms with Crippen molar-refractivity contribution in [3.05, 3.63) is 82.3 Å². The number of carbonyl (C=O) groups excluding carboxylic acids is 1. The standard InChI is InChI=1S/C18H14FNO2S/c19-15-8-6-14(7-9-15)16-10-11-23-17(16)18(21)20-22-12-13-4-2-1-3-5-13/h1-11H,12H2,(H,20,21). The molecular weight excluding hydrogens is 313 g/mol. The molecule has 3 aromatic rings. The van der Waals surface area contributed by atoms with Gasteiger partial charge < -0.3 is 0 Å². The summed E-state index contributed by atoms with van der Waals surface area (Å²) in [5, 5.41) is 1.82.